The fourth-order valence-electron chi connectivity index (χ4n) is 1.61. The second kappa shape index (κ2) is 7.14. The molecule has 2 rings (SSSR count). The van der Waals surface area contributed by atoms with E-state index in [0.29, 0.717) is 11.4 Å². The van der Waals surface area contributed by atoms with Crippen LogP contribution in [0.4, 0.5) is 5.69 Å². The molecule has 2 N–H and O–H groups in total. The summed E-state index contributed by atoms with van der Waals surface area (Å²) < 4.78 is 6.17. The van der Waals surface area contributed by atoms with Gasteiger partial charge in [-0.3, -0.25) is 4.79 Å². The molecular formula is C14H13NO4S2. The molecule has 1 amide bonds. The lowest BCUT2D eigenvalue weighted by atomic mass is 10.2. The minimum atomic E-state index is -1.05. The third-order valence-electron chi connectivity index (χ3n) is 2.56. The Balaban J connectivity index is 2.04. The lowest BCUT2D eigenvalue weighted by Gasteiger charge is -2.10. The second-order valence-corrected chi connectivity index (χ2v) is 6.21. The Morgan fingerprint density at radius 1 is 1.38 bits per heavy atom. The summed E-state index contributed by atoms with van der Waals surface area (Å²) in [6, 6.07) is 8.19. The number of hydrogen-bond donors (Lipinski definition) is 2. The van der Waals surface area contributed by atoms with Crippen LogP contribution in [0.3, 0.4) is 0 Å². The number of nitrogens with one attached hydrogen (secondary N) is 1. The van der Waals surface area contributed by atoms with Gasteiger partial charge in [0.05, 0.1) is 28.3 Å². The molecule has 0 bridgehead atoms. The average Bonchev–Trinajstić information content (AvgIpc) is 2.98. The van der Waals surface area contributed by atoms with E-state index in [-0.39, 0.29) is 17.2 Å². The van der Waals surface area contributed by atoms with E-state index in [4.69, 9.17) is 9.84 Å². The van der Waals surface area contributed by atoms with Crippen LogP contribution in [0.2, 0.25) is 0 Å². The first-order chi connectivity index (χ1) is 10.1. The topological polar surface area (TPSA) is 75.6 Å². The highest BCUT2D eigenvalue weighted by Gasteiger charge is 2.12. The highest BCUT2D eigenvalue weighted by Crippen LogP contribution is 2.27. The van der Waals surface area contributed by atoms with Gasteiger partial charge in [-0.15, -0.1) is 23.1 Å². The van der Waals surface area contributed by atoms with Crippen molar-refractivity contribution in [1.82, 2.24) is 0 Å². The first kappa shape index (κ1) is 15.4. The smallest absolute Gasteiger partial charge is 0.335 e. The van der Waals surface area contributed by atoms with Crippen LogP contribution in [0.15, 0.2) is 39.9 Å². The van der Waals surface area contributed by atoms with E-state index < -0.39 is 5.97 Å². The van der Waals surface area contributed by atoms with E-state index in [9.17, 15) is 9.59 Å². The summed E-state index contributed by atoms with van der Waals surface area (Å²) in [4.78, 5) is 22.9. The van der Waals surface area contributed by atoms with Crippen molar-refractivity contribution in [2.75, 3.05) is 18.2 Å². The summed E-state index contributed by atoms with van der Waals surface area (Å²) >= 11 is 2.99. The molecule has 0 aliphatic rings. The average molecular weight is 323 g/mol. The molecule has 0 aliphatic heterocycles. The summed E-state index contributed by atoms with van der Waals surface area (Å²) in [6.07, 6.45) is 0. The van der Waals surface area contributed by atoms with Crippen LogP contribution in [0.5, 0.6) is 5.75 Å². The van der Waals surface area contributed by atoms with Gasteiger partial charge in [0.2, 0.25) is 5.91 Å². The standard InChI is InChI=1S/C14H13NO4S2/c1-19-11-5-4-9(14(17)18)7-10(11)15-12(16)8-21-13-3-2-6-20-13/h2-7H,8H2,1H3,(H,15,16)(H,17,18). The monoisotopic (exact) mass is 323 g/mol. The van der Waals surface area contributed by atoms with E-state index in [1.165, 1.54) is 37.1 Å². The Bertz CT molecular complexity index is 640. The molecule has 0 fully saturated rings. The molecule has 0 radical (unpaired) electrons. The summed E-state index contributed by atoms with van der Waals surface area (Å²) in [5.41, 5.74) is 0.450. The highest BCUT2D eigenvalue weighted by molar-refractivity contribution is 8.01. The number of carboxylic acids is 1. The molecule has 1 aromatic carbocycles. The lowest BCUT2D eigenvalue weighted by Crippen LogP contribution is -2.15. The summed E-state index contributed by atoms with van der Waals surface area (Å²) in [7, 11) is 1.46. The number of carbonyl (C=O) groups excluding carboxylic acids is 1. The van der Waals surface area contributed by atoms with E-state index in [2.05, 4.69) is 5.32 Å². The van der Waals surface area contributed by atoms with Crippen molar-refractivity contribution in [3.63, 3.8) is 0 Å². The normalized spacial score (nSPS) is 10.1. The maximum Gasteiger partial charge on any atom is 0.335 e. The predicted octanol–water partition coefficient (Wildman–Crippen LogP) is 3.19. The number of methoxy groups -OCH3 is 1. The molecule has 0 saturated heterocycles. The van der Waals surface area contributed by atoms with Crippen molar-refractivity contribution in [3.8, 4) is 5.75 Å². The van der Waals surface area contributed by atoms with Gasteiger partial charge >= 0.3 is 5.97 Å². The molecule has 0 atom stereocenters. The van der Waals surface area contributed by atoms with Gasteiger partial charge in [0.15, 0.2) is 0 Å². The molecule has 0 spiro atoms. The first-order valence-electron chi connectivity index (χ1n) is 5.97. The number of ether oxygens (including phenoxy) is 1. The van der Waals surface area contributed by atoms with Crippen molar-refractivity contribution < 1.29 is 19.4 Å². The van der Waals surface area contributed by atoms with Gasteiger partial charge in [0, 0.05) is 0 Å². The maximum absolute atomic E-state index is 11.9. The van der Waals surface area contributed by atoms with Gasteiger partial charge in [-0.25, -0.2) is 4.79 Å². The summed E-state index contributed by atoms with van der Waals surface area (Å²) in [6.45, 7) is 0. The molecule has 110 valence electrons. The zero-order valence-electron chi connectivity index (χ0n) is 11.2. The van der Waals surface area contributed by atoms with Crippen LogP contribution >= 0.6 is 23.1 Å². The molecule has 1 heterocycles. The number of benzene rings is 1. The van der Waals surface area contributed by atoms with Gasteiger partial charge in [-0.1, -0.05) is 6.07 Å². The third-order valence-corrected chi connectivity index (χ3v) is 4.69. The minimum Gasteiger partial charge on any atom is -0.495 e. The van der Waals surface area contributed by atoms with Crippen molar-refractivity contribution in [2.45, 2.75) is 4.21 Å². The number of carbonyl (C=O) groups is 2. The molecule has 0 saturated carbocycles. The molecule has 7 heteroatoms. The highest BCUT2D eigenvalue weighted by atomic mass is 32.2. The van der Waals surface area contributed by atoms with Crippen molar-refractivity contribution in [2.24, 2.45) is 0 Å². The Kier molecular flexibility index (Phi) is 5.24. The van der Waals surface area contributed by atoms with E-state index in [1.807, 2.05) is 17.5 Å². The van der Waals surface area contributed by atoms with Crippen LogP contribution in [-0.2, 0) is 4.79 Å². The van der Waals surface area contributed by atoms with Crippen LogP contribution in [0.1, 0.15) is 10.4 Å². The van der Waals surface area contributed by atoms with Gasteiger partial charge in [-0.2, -0.15) is 0 Å². The van der Waals surface area contributed by atoms with Crippen molar-refractivity contribution in [1.29, 1.82) is 0 Å². The number of thiophene rings is 1. The van der Waals surface area contributed by atoms with Gasteiger partial charge < -0.3 is 15.2 Å². The number of carboxylic acid groups (broad SMARTS) is 1. The largest absolute Gasteiger partial charge is 0.495 e. The minimum absolute atomic E-state index is 0.0945. The SMILES string of the molecule is COc1ccc(C(=O)O)cc1NC(=O)CSc1cccs1. The van der Waals surface area contributed by atoms with E-state index in [1.54, 1.807) is 11.3 Å². The molecule has 5 nitrogen and oxygen atoms in total. The molecular weight excluding hydrogens is 310 g/mol. The molecule has 2 aromatic rings. The number of amides is 1. The van der Waals surface area contributed by atoms with E-state index >= 15 is 0 Å². The first-order valence-corrected chi connectivity index (χ1v) is 7.84. The zero-order valence-corrected chi connectivity index (χ0v) is 12.8. The van der Waals surface area contributed by atoms with Crippen LogP contribution in [0, 0.1) is 0 Å². The number of thioether (sulfide) groups is 1. The third kappa shape index (κ3) is 4.24. The Labute approximate surface area is 129 Å². The van der Waals surface area contributed by atoms with Gasteiger partial charge in [0.1, 0.15) is 5.75 Å². The summed E-state index contributed by atoms with van der Waals surface area (Å²) in [5.74, 6) is -0.592. The molecule has 0 unspecified atom stereocenters. The number of hydrogen-bond acceptors (Lipinski definition) is 5. The van der Waals surface area contributed by atoms with Gasteiger partial charge in [0.25, 0.3) is 0 Å². The number of rotatable bonds is 6. The van der Waals surface area contributed by atoms with Crippen molar-refractivity contribution >= 4 is 40.7 Å². The fourth-order valence-corrected chi connectivity index (χ4v) is 3.19. The number of anilines is 1. The van der Waals surface area contributed by atoms with Crippen LogP contribution in [0.25, 0.3) is 0 Å². The quantitative estimate of drug-likeness (QED) is 0.799. The predicted molar refractivity (Wildman–Crippen MR) is 83.6 cm³/mol. The van der Waals surface area contributed by atoms with Crippen LogP contribution < -0.4 is 10.1 Å². The Hall–Kier alpha value is -1.99. The van der Waals surface area contributed by atoms with Crippen LogP contribution in [-0.4, -0.2) is 29.8 Å². The molecule has 0 aliphatic carbocycles. The van der Waals surface area contributed by atoms with Gasteiger partial charge in [-0.05, 0) is 29.6 Å². The van der Waals surface area contributed by atoms with E-state index in [0.717, 1.165) is 4.21 Å². The second-order valence-electron chi connectivity index (χ2n) is 3.99. The lowest BCUT2D eigenvalue weighted by molar-refractivity contribution is -0.113. The Morgan fingerprint density at radius 3 is 2.81 bits per heavy atom. The maximum atomic E-state index is 11.9. The fraction of sp³-hybridized carbons (Fsp3) is 0.143. The Morgan fingerprint density at radius 2 is 2.19 bits per heavy atom. The molecule has 1 aromatic heterocycles. The zero-order chi connectivity index (χ0) is 15.2. The summed E-state index contributed by atoms with van der Waals surface area (Å²) in [5, 5.41) is 13.6. The number of aromatic carboxylic acids is 1. The molecule has 21 heavy (non-hydrogen) atoms. The van der Waals surface area contributed by atoms with Crippen molar-refractivity contribution in [3.05, 3.63) is 41.3 Å².